The number of carboxylic acid groups (broad SMARTS) is 1. The van der Waals surface area contributed by atoms with Crippen LogP contribution in [0.25, 0.3) is 11.1 Å². The van der Waals surface area contributed by atoms with Gasteiger partial charge in [0.05, 0.1) is 24.3 Å². The van der Waals surface area contributed by atoms with Crippen LogP contribution in [0.15, 0.2) is 91.0 Å². The average molecular weight is 527 g/mol. The van der Waals surface area contributed by atoms with Gasteiger partial charge >= 0.3 is 5.97 Å². The third-order valence-corrected chi connectivity index (χ3v) is 6.52. The fraction of sp³-hybridized carbons (Fsp3) is 0.100. The second-order valence-electron chi connectivity index (χ2n) is 8.71. The van der Waals surface area contributed by atoms with E-state index in [4.69, 9.17) is 16.3 Å². The van der Waals surface area contributed by atoms with Gasteiger partial charge in [-0.05, 0) is 53.6 Å². The molecule has 0 saturated carbocycles. The topological polar surface area (TPSA) is 95.9 Å². The number of hydrogen-bond donors (Lipinski definition) is 2. The minimum atomic E-state index is -1.28. The number of anilines is 2. The highest BCUT2D eigenvalue weighted by molar-refractivity contribution is 6.30. The molecular formula is C30H23ClN2O5. The quantitative estimate of drug-likeness (QED) is 0.326. The predicted octanol–water partition coefficient (Wildman–Crippen LogP) is 6.13. The lowest BCUT2D eigenvalue weighted by atomic mass is 9.99. The zero-order chi connectivity index (χ0) is 26.6. The highest BCUT2D eigenvalue weighted by Crippen LogP contribution is 2.30. The maximum atomic E-state index is 13.6. The van der Waals surface area contributed by atoms with E-state index in [1.807, 2.05) is 42.5 Å². The molecule has 0 bridgehead atoms. The van der Waals surface area contributed by atoms with E-state index in [2.05, 4.69) is 5.32 Å². The number of rotatable bonds is 5. The summed E-state index contributed by atoms with van der Waals surface area (Å²) in [6.45, 7) is 0.831. The molecule has 1 heterocycles. The molecule has 4 aromatic rings. The fourth-order valence-electron chi connectivity index (χ4n) is 4.48. The van der Waals surface area contributed by atoms with Gasteiger partial charge in [0.2, 0.25) is 0 Å². The maximum Gasteiger partial charge on any atom is 0.336 e. The van der Waals surface area contributed by atoms with E-state index >= 15 is 0 Å². The van der Waals surface area contributed by atoms with Crippen molar-refractivity contribution in [2.75, 3.05) is 23.4 Å². The Kier molecular flexibility index (Phi) is 7.22. The third-order valence-electron chi connectivity index (χ3n) is 6.29. The maximum absolute atomic E-state index is 13.6. The molecule has 0 aliphatic carbocycles. The van der Waals surface area contributed by atoms with E-state index in [1.54, 1.807) is 30.3 Å². The molecule has 0 radical (unpaired) electrons. The molecule has 5 rings (SSSR count). The zero-order valence-corrected chi connectivity index (χ0v) is 20.9. The van der Waals surface area contributed by atoms with Gasteiger partial charge in [-0.3, -0.25) is 9.59 Å². The van der Waals surface area contributed by atoms with Gasteiger partial charge in [-0.1, -0.05) is 60.1 Å². The Labute approximate surface area is 224 Å². The van der Waals surface area contributed by atoms with Gasteiger partial charge in [-0.15, -0.1) is 0 Å². The summed E-state index contributed by atoms with van der Waals surface area (Å²) < 4.78 is 5.60. The molecule has 2 N–H and O–H groups in total. The van der Waals surface area contributed by atoms with Crippen molar-refractivity contribution in [3.05, 3.63) is 118 Å². The Balaban J connectivity index is 1.45. The van der Waals surface area contributed by atoms with Crippen molar-refractivity contribution in [3.8, 4) is 11.1 Å². The third kappa shape index (κ3) is 5.16. The van der Waals surface area contributed by atoms with Gasteiger partial charge < -0.3 is 20.1 Å². The summed E-state index contributed by atoms with van der Waals surface area (Å²) >= 11 is 6.12. The Morgan fingerprint density at radius 3 is 2.39 bits per heavy atom. The van der Waals surface area contributed by atoms with Gasteiger partial charge in [-0.2, -0.15) is 0 Å². The van der Waals surface area contributed by atoms with Crippen molar-refractivity contribution >= 4 is 40.8 Å². The number of carbonyl (C=O) groups excluding carboxylic acids is 2. The van der Waals surface area contributed by atoms with Crippen molar-refractivity contribution in [1.82, 2.24) is 0 Å². The molecule has 38 heavy (non-hydrogen) atoms. The van der Waals surface area contributed by atoms with Crippen LogP contribution < -0.4 is 10.2 Å². The van der Waals surface area contributed by atoms with Crippen LogP contribution in [0, 0.1) is 0 Å². The largest absolute Gasteiger partial charge is 0.478 e. The van der Waals surface area contributed by atoms with E-state index in [9.17, 15) is 19.5 Å². The lowest BCUT2D eigenvalue weighted by Crippen LogP contribution is -2.34. The van der Waals surface area contributed by atoms with Crippen LogP contribution in [-0.4, -0.2) is 36.0 Å². The van der Waals surface area contributed by atoms with E-state index in [-0.39, 0.29) is 30.0 Å². The van der Waals surface area contributed by atoms with Crippen LogP contribution >= 0.6 is 11.6 Å². The van der Waals surface area contributed by atoms with E-state index in [1.165, 1.54) is 23.1 Å². The molecule has 0 unspecified atom stereocenters. The molecule has 1 aliphatic rings. The molecule has 0 atom stereocenters. The van der Waals surface area contributed by atoms with E-state index in [0.717, 1.165) is 16.7 Å². The number of ether oxygens (including phenoxy) is 1. The Bertz CT molecular complexity index is 1540. The summed E-state index contributed by atoms with van der Waals surface area (Å²) in [6, 6.07) is 26.1. The van der Waals surface area contributed by atoms with Crippen molar-refractivity contribution in [3.63, 3.8) is 0 Å². The normalized spacial score (nSPS) is 12.8. The molecule has 0 spiro atoms. The second kappa shape index (κ2) is 10.9. The first-order valence-electron chi connectivity index (χ1n) is 11.9. The highest BCUT2D eigenvalue weighted by atomic mass is 35.5. The Morgan fingerprint density at radius 2 is 1.61 bits per heavy atom. The lowest BCUT2D eigenvalue weighted by Gasteiger charge is -2.23. The first-order chi connectivity index (χ1) is 18.4. The molecule has 8 heteroatoms. The number of nitrogens with zero attached hydrogens (tertiary/aromatic N) is 1. The number of halogens is 1. The number of amides is 2. The van der Waals surface area contributed by atoms with Gasteiger partial charge in [0.1, 0.15) is 0 Å². The fourth-order valence-corrected chi connectivity index (χ4v) is 4.68. The minimum absolute atomic E-state index is 0.00276. The molecule has 190 valence electrons. The predicted molar refractivity (Wildman–Crippen MR) is 146 cm³/mol. The number of aromatic carboxylic acids is 1. The number of hydrogen-bond acceptors (Lipinski definition) is 4. The summed E-state index contributed by atoms with van der Waals surface area (Å²) in [5.41, 5.74) is 3.47. The zero-order valence-electron chi connectivity index (χ0n) is 20.2. The van der Waals surface area contributed by atoms with Gasteiger partial charge in [-0.25, -0.2) is 4.79 Å². The van der Waals surface area contributed by atoms with Crippen LogP contribution in [0.5, 0.6) is 0 Å². The van der Waals surface area contributed by atoms with Crippen molar-refractivity contribution in [2.45, 2.75) is 6.61 Å². The first-order valence-corrected chi connectivity index (χ1v) is 12.3. The lowest BCUT2D eigenvalue weighted by molar-refractivity contribution is 0.0691. The monoisotopic (exact) mass is 526 g/mol. The van der Waals surface area contributed by atoms with Crippen molar-refractivity contribution < 1.29 is 24.2 Å². The SMILES string of the molecule is O=C(O)c1cc(NC(=O)c2ccccc2-c2ccccc2)ccc1C(=O)N1CCOCc2cc(Cl)ccc21. The molecule has 2 amide bonds. The second-order valence-corrected chi connectivity index (χ2v) is 9.15. The van der Waals surface area contributed by atoms with Crippen molar-refractivity contribution in [1.29, 1.82) is 0 Å². The van der Waals surface area contributed by atoms with Gasteiger partial charge in [0.15, 0.2) is 0 Å². The van der Waals surface area contributed by atoms with Gasteiger partial charge in [0.25, 0.3) is 11.8 Å². The summed E-state index contributed by atoms with van der Waals surface area (Å²) in [5, 5.41) is 13.2. The van der Waals surface area contributed by atoms with E-state index in [0.29, 0.717) is 22.9 Å². The summed E-state index contributed by atoms with van der Waals surface area (Å²) in [7, 11) is 0. The van der Waals surface area contributed by atoms with Crippen LogP contribution in [0.2, 0.25) is 5.02 Å². The van der Waals surface area contributed by atoms with Crippen LogP contribution in [0.1, 0.15) is 36.6 Å². The van der Waals surface area contributed by atoms with Crippen LogP contribution in [-0.2, 0) is 11.3 Å². The molecule has 0 fully saturated rings. The molecule has 4 aromatic carbocycles. The highest BCUT2D eigenvalue weighted by Gasteiger charge is 2.27. The minimum Gasteiger partial charge on any atom is -0.478 e. The number of carboxylic acids is 1. The standard InChI is InChI=1S/C30H23ClN2O5/c31-21-10-13-27-20(16-21)18-38-15-14-33(27)29(35)25-12-11-22(17-26(25)30(36)37)32-28(34)24-9-5-4-8-23(24)19-6-2-1-3-7-19/h1-13,16-17H,14-15,18H2,(H,32,34)(H,36,37). The van der Waals surface area contributed by atoms with Crippen molar-refractivity contribution in [2.24, 2.45) is 0 Å². The number of fused-ring (bicyclic) bond motifs is 1. The summed E-state index contributed by atoms with van der Waals surface area (Å²) in [4.78, 5) is 40.5. The Morgan fingerprint density at radius 1 is 0.842 bits per heavy atom. The summed E-state index contributed by atoms with van der Waals surface area (Å²) in [5.74, 6) is -2.16. The number of benzene rings is 4. The first kappa shape index (κ1) is 25.2. The molecule has 1 aliphatic heterocycles. The molecule has 0 saturated heterocycles. The number of carbonyl (C=O) groups is 3. The molecule has 7 nitrogen and oxygen atoms in total. The summed E-state index contributed by atoms with van der Waals surface area (Å²) in [6.07, 6.45) is 0. The number of nitrogens with one attached hydrogen (secondary N) is 1. The van der Waals surface area contributed by atoms with E-state index < -0.39 is 17.8 Å². The van der Waals surface area contributed by atoms with Gasteiger partial charge in [0, 0.05) is 34.1 Å². The van der Waals surface area contributed by atoms with Crippen LogP contribution in [0.3, 0.4) is 0 Å². The average Bonchev–Trinajstić information content (AvgIpc) is 3.15. The molecule has 0 aromatic heterocycles. The smallest absolute Gasteiger partial charge is 0.336 e. The molecular weight excluding hydrogens is 504 g/mol. The Hall–Kier alpha value is -4.46. The van der Waals surface area contributed by atoms with Crippen LogP contribution in [0.4, 0.5) is 11.4 Å².